The Labute approximate surface area is 153 Å². The van der Waals surface area contributed by atoms with E-state index in [4.69, 9.17) is 9.47 Å². The highest BCUT2D eigenvalue weighted by molar-refractivity contribution is 5.97. The number of rotatable bonds is 6. The maximum atomic E-state index is 12.5. The van der Waals surface area contributed by atoms with E-state index in [0.717, 1.165) is 23.2 Å². The van der Waals surface area contributed by atoms with Crippen molar-refractivity contribution >= 4 is 17.6 Å². The fourth-order valence-corrected chi connectivity index (χ4v) is 3.12. The average Bonchev–Trinajstić information content (AvgIpc) is 2.97. The molecule has 2 aromatic rings. The number of carbonyl (C=O) groups excluding carboxylic acids is 2. The molecule has 0 saturated heterocycles. The van der Waals surface area contributed by atoms with Gasteiger partial charge in [0.05, 0.1) is 13.0 Å². The van der Waals surface area contributed by atoms with Gasteiger partial charge in [-0.05, 0) is 44.0 Å². The molecule has 0 radical (unpaired) electrons. The molecule has 3 rings (SSSR count). The number of aryl methyl sites for hydroxylation is 1. The second-order valence-electron chi connectivity index (χ2n) is 6.52. The van der Waals surface area contributed by atoms with Crippen LogP contribution in [0.3, 0.4) is 0 Å². The average molecular weight is 353 g/mol. The lowest BCUT2D eigenvalue weighted by Crippen LogP contribution is -2.38. The van der Waals surface area contributed by atoms with Crippen LogP contribution in [0.1, 0.15) is 24.5 Å². The van der Waals surface area contributed by atoms with Gasteiger partial charge in [0.2, 0.25) is 0 Å². The van der Waals surface area contributed by atoms with Gasteiger partial charge in [0.15, 0.2) is 6.61 Å². The molecule has 0 bridgehead atoms. The smallest absolute Gasteiger partial charge is 0.309 e. The van der Waals surface area contributed by atoms with Gasteiger partial charge in [0.25, 0.3) is 5.91 Å². The van der Waals surface area contributed by atoms with Crippen molar-refractivity contribution in [2.75, 3.05) is 18.1 Å². The molecule has 5 heteroatoms. The Kier molecular flexibility index (Phi) is 5.56. The molecule has 0 aliphatic carbocycles. The van der Waals surface area contributed by atoms with Crippen LogP contribution in [0.4, 0.5) is 5.69 Å². The van der Waals surface area contributed by atoms with E-state index in [1.807, 2.05) is 62.4 Å². The highest BCUT2D eigenvalue weighted by Gasteiger charge is 2.30. The predicted octanol–water partition coefficient (Wildman–Crippen LogP) is 3.28. The molecule has 2 aromatic carbocycles. The van der Waals surface area contributed by atoms with Crippen LogP contribution < -0.4 is 9.64 Å². The molecule has 0 saturated carbocycles. The molecule has 0 N–H and O–H groups in total. The summed E-state index contributed by atoms with van der Waals surface area (Å²) in [6.45, 7) is 3.97. The van der Waals surface area contributed by atoms with Crippen LogP contribution >= 0.6 is 0 Å². The summed E-state index contributed by atoms with van der Waals surface area (Å²) >= 11 is 0. The van der Waals surface area contributed by atoms with Crippen molar-refractivity contribution in [2.24, 2.45) is 0 Å². The number of hydrogen-bond donors (Lipinski definition) is 0. The number of hydrogen-bond acceptors (Lipinski definition) is 4. The van der Waals surface area contributed by atoms with Crippen LogP contribution in [0.25, 0.3) is 0 Å². The quantitative estimate of drug-likeness (QED) is 0.748. The first-order chi connectivity index (χ1) is 12.5. The topological polar surface area (TPSA) is 55.8 Å². The van der Waals surface area contributed by atoms with Crippen LogP contribution in [0.5, 0.6) is 5.75 Å². The number of carbonyl (C=O) groups is 2. The standard InChI is InChI=1S/C21H23NO4/c1-15-7-9-18(10-8-15)25-12-11-21(24)26-14-20(23)22-16(2)13-17-5-3-4-6-19(17)22/h3-10,16H,11-14H2,1-2H3/t16-/m1/s1. The van der Waals surface area contributed by atoms with Crippen molar-refractivity contribution in [1.82, 2.24) is 0 Å². The summed E-state index contributed by atoms with van der Waals surface area (Å²) in [6, 6.07) is 15.5. The number of anilines is 1. The molecule has 0 spiro atoms. The summed E-state index contributed by atoms with van der Waals surface area (Å²) in [6.07, 6.45) is 0.924. The summed E-state index contributed by atoms with van der Waals surface area (Å²) in [5.74, 6) is 0.0721. The summed E-state index contributed by atoms with van der Waals surface area (Å²) in [5.41, 5.74) is 3.20. The zero-order valence-corrected chi connectivity index (χ0v) is 15.1. The van der Waals surface area contributed by atoms with Gasteiger partial charge in [0.1, 0.15) is 5.75 Å². The van der Waals surface area contributed by atoms with Gasteiger partial charge < -0.3 is 14.4 Å². The summed E-state index contributed by atoms with van der Waals surface area (Å²) in [7, 11) is 0. The summed E-state index contributed by atoms with van der Waals surface area (Å²) in [5, 5.41) is 0. The number of fused-ring (bicyclic) bond motifs is 1. The molecule has 0 fully saturated rings. The Bertz CT molecular complexity index is 785. The van der Waals surface area contributed by atoms with Gasteiger partial charge in [-0.2, -0.15) is 0 Å². The zero-order valence-electron chi connectivity index (χ0n) is 15.1. The van der Waals surface area contributed by atoms with Crippen molar-refractivity contribution in [2.45, 2.75) is 32.7 Å². The van der Waals surface area contributed by atoms with Gasteiger partial charge in [0, 0.05) is 11.7 Å². The minimum absolute atomic E-state index is 0.0727. The molecule has 136 valence electrons. The molecule has 1 aliphatic rings. The second-order valence-corrected chi connectivity index (χ2v) is 6.52. The highest BCUT2D eigenvalue weighted by atomic mass is 16.5. The maximum absolute atomic E-state index is 12.5. The fraction of sp³-hybridized carbons (Fsp3) is 0.333. The Morgan fingerprint density at radius 1 is 1.12 bits per heavy atom. The van der Waals surface area contributed by atoms with E-state index < -0.39 is 5.97 Å². The van der Waals surface area contributed by atoms with Crippen molar-refractivity contribution < 1.29 is 19.1 Å². The zero-order chi connectivity index (χ0) is 18.5. The Hall–Kier alpha value is -2.82. The summed E-state index contributed by atoms with van der Waals surface area (Å²) in [4.78, 5) is 26.0. The lowest BCUT2D eigenvalue weighted by atomic mass is 10.1. The number of nitrogens with zero attached hydrogens (tertiary/aromatic N) is 1. The Balaban J connectivity index is 1.44. The van der Waals surface area contributed by atoms with Gasteiger partial charge in [-0.15, -0.1) is 0 Å². The monoisotopic (exact) mass is 353 g/mol. The number of para-hydroxylation sites is 1. The van der Waals surface area contributed by atoms with Gasteiger partial charge >= 0.3 is 5.97 Å². The minimum Gasteiger partial charge on any atom is -0.493 e. The van der Waals surface area contributed by atoms with Gasteiger partial charge in [-0.3, -0.25) is 9.59 Å². The van der Waals surface area contributed by atoms with Gasteiger partial charge in [-0.1, -0.05) is 35.9 Å². The van der Waals surface area contributed by atoms with Crippen molar-refractivity contribution in [3.05, 3.63) is 59.7 Å². The first-order valence-electron chi connectivity index (χ1n) is 8.79. The van der Waals surface area contributed by atoms with E-state index in [1.54, 1.807) is 4.90 Å². The van der Waals surface area contributed by atoms with Crippen molar-refractivity contribution in [1.29, 1.82) is 0 Å². The second kappa shape index (κ2) is 8.04. The highest BCUT2D eigenvalue weighted by Crippen LogP contribution is 2.31. The predicted molar refractivity (Wildman–Crippen MR) is 99.3 cm³/mol. The minimum atomic E-state index is -0.439. The third-order valence-electron chi connectivity index (χ3n) is 4.43. The molecule has 0 unspecified atom stereocenters. The number of benzene rings is 2. The third kappa shape index (κ3) is 4.23. The largest absolute Gasteiger partial charge is 0.493 e. The normalized spacial score (nSPS) is 15.5. The molecule has 5 nitrogen and oxygen atoms in total. The number of amides is 1. The first kappa shape index (κ1) is 18.0. The molecular weight excluding hydrogens is 330 g/mol. The molecule has 1 atom stereocenters. The third-order valence-corrected chi connectivity index (χ3v) is 4.43. The molecule has 0 aromatic heterocycles. The van der Waals surface area contributed by atoms with Crippen LogP contribution in [-0.4, -0.2) is 31.1 Å². The van der Waals surface area contributed by atoms with E-state index >= 15 is 0 Å². The molecular formula is C21H23NO4. The molecule has 1 aliphatic heterocycles. The lowest BCUT2D eigenvalue weighted by Gasteiger charge is -2.22. The van der Waals surface area contributed by atoms with Crippen molar-refractivity contribution in [3.63, 3.8) is 0 Å². The van der Waals surface area contributed by atoms with Crippen LogP contribution in [-0.2, 0) is 20.7 Å². The first-order valence-corrected chi connectivity index (χ1v) is 8.79. The van der Waals surface area contributed by atoms with E-state index in [2.05, 4.69) is 0 Å². The van der Waals surface area contributed by atoms with Crippen LogP contribution in [0.2, 0.25) is 0 Å². The fourth-order valence-electron chi connectivity index (χ4n) is 3.12. The summed E-state index contributed by atoms with van der Waals surface area (Å²) < 4.78 is 10.6. The number of ether oxygens (including phenoxy) is 2. The maximum Gasteiger partial charge on any atom is 0.309 e. The number of esters is 1. The van der Waals surface area contributed by atoms with E-state index in [-0.39, 0.29) is 31.6 Å². The van der Waals surface area contributed by atoms with Crippen LogP contribution in [0, 0.1) is 6.92 Å². The van der Waals surface area contributed by atoms with E-state index in [9.17, 15) is 9.59 Å². The Morgan fingerprint density at radius 3 is 2.62 bits per heavy atom. The molecule has 1 amide bonds. The van der Waals surface area contributed by atoms with E-state index in [1.165, 1.54) is 0 Å². The van der Waals surface area contributed by atoms with E-state index in [0.29, 0.717) is 5.75 Å². The molecule has 1 heterocycles. The Morgan fingerprint density at radius 2 is 1.85 bits per heavy atom. The lowest BCUT2D eigenvalue weighted by molar-refractivity contribution is -0.148. The van der Waals surface area contributed by atoms with Crippen molar-refractivity contribution in [3.8, 4) is 5.75 Å². The molecule has 26 heavy (non-hydrogen) atoms. The van der Waals surface area contributed by atoms with Gasteiger partial charge in [-0.25, -0.2) is 0 Å². The van der Waals surface area contributed by atoms with Crippen LogP contribution in [0.15, 0.2) is 48.5 Å². The SMILES string of the molecule is Cc1ccc(OCCC(=O)OCC(=O)N2c3ccccc3C[C@H]2C)cc1.